The highest BCUT2D eigenvalue weighted by molar-refractivity contribution is 6.70. The van der Waals surface area contributed by atoms with Crippen LogP contribution in [0.1, 0.15) is 53.5 Å². The Morgan fingerprint density at radius 1 is 0.722 bits per heavy atom. The summed E-state index contributed by atoms with van der Waals surface area (Å²) in [5.41, 5.74) is 4.64. The highest BCUT2D eigenvalue weighted by Crippen LogP contribution is 2.46. The number of anilines is 1. The predicted molar refractivity (Wildman–Crippen MR) is 135 cm³/mol. The van der Waals surface area contributed by atoms with E-state index in [1.807, 2.05) is 0 Å². The van der Waals surface area contributed by atoms with E-state index in [0.29, 0.717) is 12.8 Å². The van der Waals surface area contributed by atoms with Gasteiger partial charge in [-0.1, -0.05) is 0 Å². The van der Waals surface area contributed by atoms with Crippen LogP contribution in [0.2, 0.25) is 0 Å². The maximum Gasteiger partial charge on any atom is 0.238 e. The molecule has 0 aromatic heterocycles. The van der Waals surface area contributed by atoms with Crippen molar-refractivity contribution in [2.45, 2.75) is 51.4 Å². The number of aromatic hydroxyl groups is 2. The number of nitrogens with zero attached hydrogens (tertiary/aromatic N) is 2. The maximum atomic E-state index is 13.3. The van der Waals surface area contributed by atoms with Crippen molar-refractivity contribution >= 4 is 28.4 Å². The molecule has 1 aliphatic carbocycles. The van der Waals surface area contributed by atoms with Gasteiger partial charge in [0.25, 0.3) is 0 Å². The topological polar surface area (TPSA) is 101 Å². The van der Waals surface area contributed by atoms with Crippen LogP contribution < -0.4 is 20.1 Å². The molecule has 0 saturated heterocycles. The minimum absolute atomic E-state index is 0.0234. The Balaban J connectivity index is 1.50. The molecule has 0 unspecified atom stereocenters. The molecule has 7 heteroatoms. The van der Waals surface area contributed by atoms with E-state index in [9.17, 15) is 24.9 Å². The second-order valence-corrected chi connectivity index (χ2v) is 10.7. The molecule has 0 atom stereocenters. The van der Waals surface area contributed by atoms with E-state index < -0.39 is 17.3 Å². The average molecular weight is 486 g/mol. The third kappa shape index (κ3) is 2.83. The largest absolute Gasteiger partial charge is 0.507 e. The van der Waals surface area contributed by atoms with Gasteiger partial charge in [-0.25, -0.2) is 4.58 Å². The molecular weight excluding hydrogens is 456 g/mol. The van der Waals surface area contributed by atoms with Crippen molar-refractivity contribution in [3.63, 3.8) is 0 Å². The van der Waals surface area contributed by atoms with Crippen LogP contribution in [-0.2, 0) is 35.3 Å². The third-order valence-corrected chi connectivity index (χ3v) is 8.66. The number of ketones is 2. The minimum atomic E-state index is -0.833. The molecular formula is C29H29N2O5+. The smallest absolute Gasteiger partial charge is 0.238 e. The minimum Gasteiger partial charge on any atom is -0.507 e. The number of carbonyl (C=O) groups excluding carboxylic acids is 2. The van der Waals surface area contributed by atoms with Crippen LogP contribution in [0.25, 0.3) is 11.1 Å². The van der Waals surface area contributed by atoms with Gasteiger partial charge in [-0.15, -0.1) is 0 Å². The van der Waals surface area contributed by atoms with Crippen LogP contribution >= 0.6 is 0 Å². The van der Waals surface area contributed by atoms with E-state index in [2.05, 4.69) is 9.48 Å². The number of rotatable bonds is 1. The van der Waals surface area contributed by atoms with Crippen LogP contribution in [0.3, 0.4) is 0 Å². The van der Waals surface area contributed by atoms with E-state index in [-0.39, 0.29) is 33.4 Å². The normalized spacial score (nSPS) is 22.2. The Labute approximate surface area is 208 Å². The zero-order valence-electron chi connectivity index (χ0n) is 20.2. The van der Waals surface area contributed by atoms with Crippen LogP contribution in [0.5, 0.6) is 11.5 Å². The number of hydrogen-bond donors (Lipinski definition) is 3. The van der Waals surface area contributed by atoms with Gasteiger partial charge >= 0.3 is 0 Å². The number of aliphatic hydroxyl groups excluding tert-OH is 1. The summed E-state index contributed by atoms with van der Waals surface area (Å²) in [6, 6.07) is 3.55. The molecule has 0 radical (unpaired) electrons. The number of Topliss-reactive ketones (excluding diaryl/α,β-unsaturated/α-hetero) is 2. The van der Waals surface area contributed by atoms with Crippen LogP contribution in [-0.4, -0.2) is 53.1 Å². The van der Waals surface area contributed by atoms with Crippen molar-refractivity contribution in [3.05, 3.63) is 56.3 Å². The fourth-order valence-electron chi connectivity index (χ4n) is 7.13. The van der Waals surface area contributed by atoms with Crippen LogP contribution in [0.4, 0.5) is 5.69 Å². The van der Waals surface area contributed by atoms with Crippen LogP contribution in [0.15, 0.2) is 17.9 Å². The summed E-state index contributed by atoms with van der Waals surface area (Å²) < 4.78 is 2.29. The molecule has 0 bridgehead atoms. The Morgan fingerprint density at radius 3 is 2.19 bits per heavy atom. The van der Waals surface area contributed by atoms with Gasteiger partial charge in [0.1, 0.15) is 30.3 Å². The summed E-state index contributed by atoms with van der Waals surface area (Å²) >= 11 is 0. The number of aryl methyl sites for hydroxylation is 2. The Morgan fingerprint density at radius 2 is 1.39 bits per heavy atom. The first kappa shape index (κ1) is 21.7. The number of hydrogen-bond acceptors (Lipinski definition) is 6. The van der Waals surface area contributed by atoms with Gasteiger partial charge in [0.2, 0.25) is 16.9 Å². The lowest BCUT2D eigenvalue weighted by molar-refractivity contribution is -0.129. The standard InChI is InChI=1S/C29H28N2O5/c32-25-17-7-3-11-30-9-1-5-15(23(17)30)13-19(25)21-27(34)22(29(36)28(21)35)20-14-16-6-2-10-31-12-4-8-18(24(16)31)26(20)33/h13-14H,1-12H2,(H2,32,33,34,35,36)/p+1. The monoisotopic (exact) mass is 485 g/mol. The first-order chi connectivity index (χ1) is 17.5. The predicted octanol–water partition coefficient (Wildman–Crippen LogP) is 1.45. The van der Waals surface area contributed by atoms with Gasteiger partial charge in [0.15, 0.2) is 0 Å². The molecule has 4 heterocycles. The van der Waals surface area contributed by atoms with E-state index >= 15 is 0 Å². The Kier molecular flexibility index (Phi) is 4.63. The van der Waals surface area contributed by atoms with E-state index in [0.717, 1.165) is 98.0 Å². The van der Waals surface area contributed by atoms with Crippen molar-refractivity contribution < 1.29 is 24.9 Å². The number of carbonyl (C=O) groups is 2. The molecule has 36 heavy (non-hydrogen) atoms. The maximum absolute atomic E-state index is 13.3. The van der Waals surface area contributed by atoms with Crippen molar-refractivity contribution in [2.75, 3.05) is 31.1 Å². The van der Waals surface area contributed by atoms with Gasteiger partial charge in [-0.2, -0.15) is 0 Å². The van der Waals surface area contributed by atoms with E-state index in [1.54, 1.807) is 12.1 Å². The summed E-state index contributed by atoms with van der Waals surface area (Å²) in [4.78, 5) is 28.9. The Bertz CT molecular complexity index is 1560. The summed E-state index contributed by atoms with van der Waals surface area (Å²) in [7, 11) is 0. The second-order valence-electron chi connectivity index (χ2n) is 10.7. The Hall–Kier alpha value is -3.61. The molecule has 3 N–H and O–H groups in total. The SMILES string of the molecule is O=C1C(=O)/C(=c2\cc3c4c(c2O)CCC[N+]=4CCC3)C(O)=C1c1cc2c3c(c1O)CCCN3CCC2. The van der Waals surface area contributed by atoms with E-state index in [4.69, 9.17) is 0 Å². The highest BCUT2D eigenvalue weighted by atomic mass is 16.3. The average Bonchev–Trinajstić information content (AvgIpc) is 3.11. The van der Waals surface area contributed by atoms with Gasteiger partial charge in [-0.05, 0) is 56.2 Å². The molecule has 0 fully saturated rings. The number of phenolic OH excluding ortho intramolecular Hbond substituents is 2. The van der Waals surface area contributed by atoms with Crippen molar-refractivity contribution in [1.82, 2.24) is 4.58 Å². The van der Waals surface area contributed by atoms with Gasteiger partial charge < -0.3 is 20.2 Å². The quantitative estimate of drug-likeness (QED) is 0.418. The lowest BCUT2D eigenvalue weighted by Crippen LogP contribution is -2.44. The molecule has 2 aromatic carbocycles. The van der Waals surface area contributed by atoms with Gasteiger partial charge in [0, 0.05) is 53.5 Å². The molecule has 5 aliphatic rings. The zero-order valence-corrected chi connectivity index (χ0v) is 20.2. The van der Waals surface area contributed by atoms with Gasteiger partial charge in [0.05, 0.1) is 16.7 Å². The molecule has 2 aromatic rings. The molecule has 4 aliphatic heterocycles. The fourth-order valence-corrected chi connectivity index (χ4v) is 7.13. The van der Waals surface area contributed by atoms with Gasteiger partial charge in [-0.3, -0.25) is 9.59 Å². The number of allylic oxidation sites excluding steroid dienone is 2. The third-order valence-electron chi connectivity index (χ3n) is 8.66. The number of benzene rings is 2. The summed E-state index contributed by atoms with van der Waals surface area (Å²) in [5.74, 6) is -2.15. The first-order valence-electron chi connectivity index (χ1n) is 13.1. The molecule has 0 amide bonds. The number of phenols is 2. The second kappa shape index (κ2) is 7.69. The first-order valence-corrected chi connectivity index (χ1v) is 13.1. The molecule has 7 rings (SSSR count). The summed E-state index contributed by atoms with van der Waals surface area (Å²) in [5, 5.41) is 35.2. The summed E-state index contributed by atoms with van der Waals surface area (Å²) in [6.07, 6.45) is 6.80. The fraction of sp³-hybridized carbons (Fsp3) is 0.414. The van der Waals surface area contributed by atoms with Crippen molar-refractivity contribution in [3.8, 4) is 11.5 Å². The lowest BCUT2D eigenvalue weighted by Gasteiger charge is -2.37. The van der Waals surface area contributed by atoms with E-state index in [1.165, 1.54) is 0 Å². The molecule has 7 nitrogen and oxygen atoms in total. The zero-order chi connectivity index (χ0) is 24.7. The lowest BCUT2D eigenvalue weighted by atomic mass is 9.87. The van der Waals surface area contributed by atoms with Crippen molar-refractivity contribution in [1.29, 1.82) is 0 Å². The molecule has 0 spiro atoms. The highest BCUT2D eigenvalue weighted by Gasteiger charge is 2.41. The van der Waals surface area contributed by atoms with Crippen LogP contribution in [0, 0.1) is 0 Å². The molecule has 184 valence electrons. The summed E-state index contributed by atoms with van der Waals surface area (Å²) in [6.45, 7) is 3.78. The number of aliphatic hydroxyl groups is 1. The molecule has 0 saturated carbocycles. The van der Waals surface area contributed by atoms with Crippen molar-refractivity contribution in [2.24, 2.45) is 0 Å².